The summed E-state index contributed by atoms with van der Waals surface area (Å²) in [5.41, 5.74) is 6.49. The number of nitrogen functional groups attached to an aromatic ring is 1. The zero-order valence-corrected chi connectivity index (χ0v) is 12.2. The smallest absolute Gasteiger partial charge is 0.240 e. The highest BCUT2D eigenvalue weighted by Crippen LogP contribution is 2.26. The van der Waals surface area contributed by atoms with E-state index in [1.165, 1.54) is 18.5 Å². The number of anilines is 1. The molecule has 20 heavy (non-hydrogen) atoms. The number of aryl methyl sites for hydroxylation is 1. The van der Waals surface area contributed by atoms with Crippen LogP contribution in [0.4, 0.5) is 5.69 Å². The van der Waals surface area contributed by atoms with Crippen LogP contribution in [-0.2, 0) is 16.4 Å². The van der Waals surface area contributed by atoms with Gasteiger partial charge >= 0.3 is 0 Å². The van der Waals surface area contributed by atoms with Gasteiger partial charge in [-0.05, 0) is 24.6 Å². The molecule has 0 amide bonds. The average Bonchev–Trinajstić information content (AvgIpc) is 2.88. The summed E-state index contributed by atoms with van der Waals surface area (Å²) in [5, 5.41) is 3.79. The molecule has 0 unspecified atom stereocenters. The molecule has 9 heteroatoms. The van der Waals surface area contributed by atoms with Gasteiger partial charge in [0.05, 0.1) is 15.6 Å². The van der Waals surface area contributed by atoms with Crippen molar-refractivity contribution < 1.29 is 12.9 Å². The zero-order chi connectivity index (χ0) is 14.8. The Hall–Kier alpha value is -1.64. The van der Waals surface area contributed by atoms with E-state index in [2.05, 4.69) is 14.9 Å². The molecule has 0 atom stereocenters. The van der Waals surface area contributed by atoms with E-state index in [1.54, 1.807) is 6.92 Å². The fourth-order valence-corrected chi connectivity index (χ4v) is 2.86. The molecule has 1 aromatic carbocycles. The molecule has 7 nitrogen and oxygen atoms in total. The summed E-state index contributed by atoms with van der Waals surface area (Å²) in [6.07, 6.45) is 1.56. The fourth-order valence-electron chi connectivity index (χ4n) is 1.60. The van der Waals surface area contributed by atoms with Crippen LogP contribution in [0.2, 0.25) is 5.02 Å². The normalized spacial score (nSPS) is 11.7. The summed E-state index contributed by atoms with van der Waals surface area (Å²) >= 11 is 5.90. The molecule has 0 spiro atoms. The number of rotatable bonds is 5. The molecule has 0 aliphatic carbocycles. The third kappa shape index (κ3) is 3.27. The highest BCUT2D eigenvalue weighted by Gasteiger charge is 2.16. The van der Waals surface area contributed by atoms with Crippen molar-refractivity contribution in [3.8, 4) is 0 Å². The van der Waals surface area contributed by atoms with Crippen molar-refractivity contribution in [2.75, 3.05) is 12.3 Å². The van der Waals surface area contributed by atoms with Gasteiger partial charge in [-0.2, -0.15) is 4.98 Å². The Labute approximate surface area is 121 Å². The van der Waals surface area contributed by atoms with Gasteiger partial charge in [0.25, 0.3) is 0 Å². The Balaban J connectivity index is 2.10. The van der Waals surface area contributed by atoms with E-state index >= 15 is 0 Å². The zero-order valence-electron chi connectivity index (χ0n) is 10.6. The van der Waals surface area contributed by atoms with E-state index < -0.39 is 10.0 Å². The summed E-state index contributed by atoms with van der Waals surface area (Å²) in [6.45, 7) is 1.84. The first-order valence-electron chi connectivity index (χ1n) is 5.71. The van der Waals surface area contributed by atoms with Crippen LogP contribution in [-0.4, -0.2) is 25.1 Å². The van der Waals surface area contributed by atoms with Crippen LogP contribution in [0.3, 0.4) is 0 Å². The second-order valence-corrected chi connectivity index (χ2v) is 6.27. The maximum Gasteiger partial charge on any atom is 0.240 e. The molecule has 0 aliphatic heterocycles. The monoisotopic (exact) mass is 316 g/mol. The van der Waals surface area contributed by atoms with Crippen LogP contribution in [0.1, 0.15) is 11.5 Å². The molecule has 1 aromatic heterocycles. The first kappa shape index (κ1) is 14.8. The summed E-state index contributed by atoms with van der Waals surface area (Å²) < 4.78 is 31.4. The molecule has 108 valence electrons. The lowest BCUT2D eigenvalue weighted by Gasteiger charge is -2.09. The van der Waals surface area contributed by atoms with Gasteiger partial charge in [0, 0.05) is 13.0 Å². The standard InChI is InChI=1S/C11H13ClN4O3S/c1-7-4-8(5-9(13)11(7)12)20(17,18)16-3-2-10-14-6-15-19-10/h4-6,16H,2-3,13H2,1H3. The molecule has 0 radical (unpaired) electrons. The molecule has 0 saturated heterocycles. The van der Waals surface area contributed by atoms with E-state index in [9.17, 15) is 8.42 Å². The maximum absolute atomic E-state index is 12.1. The number of aromatic nitrogens is 2. The highest BCUT2D eigenvalue weighted by molar-refractivity contribution is 7.89. The topological polar surface area (TPSA) is 111 Å². The fraction of sp³-hybridized carbons (Fsp3) is 0.273. The lowest BCUT2D eigenvalue weighted by Crippen LogP contribution is -2.26. The number of benzene rings is 1. The minimum atomic E-state index is -3.65. The average molecular weight is 317 g/mol. The lowest BCUT2D eigenvalue weighted by molar-refractivity contribution is 0.377. The van der Waals surface area contributed by atoms with Crippen molar-refractivity contribution >= 4 is 27.3 Å². The molecule has 3 N–H and O–H groups in total. The number of nitrogens with zero attached hydrogens (tertiary/aromatic N) is 2. The molecular weight excluding hydrogens is 304 g/mol. The number of nitrogens with two attached hydrogens (primary N) is 1. The maximum atomic E-state index is 12.1. The van der Waals surface area contributed by atoms with Crippen molar-refractivity contribution in [2.24, 2.45) is 0 Å². The summed E-state index contributed by atoms with van der Waals surface area (Å²) in [5.74, 6) is 0.361. The predicted octanol–water partition coefficient (Wildman–Crippen LogP) is 1.13. The Morgan fingerprint density at radius 3 is 2.80 bits per heavy atom. The van der Waals surface area contributed by atoms with Crippen LogP contribution in [0.25, 0.3) is 0 Å². The van der Waals surface area contributed by atoms with Crippen LogP contribution in [0, 0.1) is 6.92 Å². The van der Waals surface area contributed by atoms with Crippen LogP contribution in [0.15, 0.2) is 27.9 Å². The quantitative estimate of drug-likeness (QED) is 0.800. The number of hydrogen-bond donors (Lipinski definition) is 2. The van der Waals surface area contributed by atoms with Gasteiger partial charge < -0.3 is 10.3 Å². The highest BCUT2D eigenvalue weighted by atomic mass is 35.5. The number of halogens is 1. The first-order chi connectivity index (χ1) is 9.40. The number of nitrogens with one attached hydrogen (secondary N) is 1. The lowest BCUT2D eigenvalue weighted by atomic mass is 10.2. The van der Waals surface area contributed by atoms with Crippen LogP contribution in [0.5, 0.6) is 0 Å². The van der Waals surface area contributed by atoms with Gasteiger partial charge in [-0.25, -0.2) is 13.1 Å². The Morgan fingerprint density at radius 1 is 1.45 bits per heavy atom. The first-order valence-corrected chi connectivity index (χ1v) is 7.57. The van der Waals surface area contributed by atoms with E-state index in [0.717, 1.165) is 0 Å². The van der Waals surface area contributed by atoms with E-state index in [-0.39, 0.29) is 17.1 Å². The van der Waals surface area contributed by atoms with Crippen molar-refractivity contribution in [1.29, 1.82) is 0 Å². The largest absolute Gasteiger partial charge is 0.397 e. The van der Waals surface area contributed by atoms with Gasteiger partial charge in [-0.15, -0.1) is 0 Å². The number of sulfonamides is 1. The minimum Gasteiger partial charge on any atom is -0.397 e. The molecule has 0 saturated carbocycles. The second kappa shape index (κ2) is 5.78. The van der Waals surface area contributed by atoms with Crippen LogP contribution >= 0.6 is 11.6 Å². The van der Waals surface area contributed by atoms with E-state index in [4.69, 9.17) is 21.9 Å². The van der Waals surface area contributed by atoms with Crippen molar-refractivity contribution in [3.63, 3.8) is 0 Å². The summed E-state index contributed by atoms with van der Waals surface area (Å²) in [7, 11) is -3.65. The van der Waals surface area contributed by atoms with Crippen molar-refractivity contribution in [3.05, 3.63) is 34.9 Å². The number of hydrogen-bond acceptors (Lipinski definition) is 6. The molecule has 2 aromatic rings. The van der Waals surface area contributed by atoms with Gasteiger partial charge in [0.1, 0.15) is 0 Å². The van der Waals surface area contributed by atoms with Gasteiger partial charge in [0.15, 0.2) is 6.33 Å². The van der Waals surface area contributed by atoms with Crippen LogP contribution < -0.4 is 10.5 Å². The molecule has 0 fully saturated rings. The molecule has 1 heterocycles. The molecular formula is C11H13ClN4O3S. The SMILES string of the molecule is Cc1cc(S(=O)(=O)NCCc2ncno2)cc(N)c1Cl. The van der Waals surface area contributed by atoms with Gasteiger partial charge in [0.2, 0.25) is 15.9 Å². The van der Waals surface area contributed by atoms with Crippen molar-refractivity contribution in [1.82, 2.24) is 14.9 Å². The Morgan fingerprint density at radius 2 is 2.20 bits per heavy atom. The van der Waals surface area contributed by atoms with E-state index in [1.807, 2.05) is 0 Å². The Bertz CT molecular complexity index is 677. The third-order valence-corrected chi connectivity index (χ3v) is 4.56. The summed E-state index contributed by atoms with van der Waals surface area (Å²) in [6, 6.07) is 2.79. The van der Waals surface area contributed by atoms with E-state index in [0.29, 0.717) is 22.9 Å². The van der Waals surface area contributed by atoms with Gasteiger partial charge in [-0.3, -0.25) is 0 Å². The van der Waals surface area contributed by atoms with Crippen molar-refractivity contribution in [2.45, 2.75) is 18.2 Å². The minimum absolute atomic E-state index is 0.0717. The molecule has 2 rings (SSSR count). The molecule has 0 bridgehead atoms. The van der Waals surface area contributed by atoms with Gasteiger partial charge in [-0.1, -0.05) is 16.8 Å². The second-order valence-electron chi connectivity index (χ2n) is 4.13. The third-order valence-electron chi connectivity index (χ3n) is 2.60. The molecule has 0 aliphatic rings. The summed E-state index contributed by atoms with van der Waals surface area (Å²) in [4.78, 5) is 3.87. The predicted molar refractivity (Wildman–Crippen MR) is 73.8 cm³/mol. The Kier molecular flexibility index (Phi) is 4.26.